The van der Waals surface area contributed by atoms with E-state index in [0.717, 1.165) is 11.6 Å². The molecule has 0 bridgehead atoms. The van der Waals surface area contributed by atoms with Crippen LogP contribution in [0.1, 0.15) is 16.7 Å². The van der Waals surface area contributed by atoms with Crippen LogP contribution in [-0.4, -0.2) is 7.05 Å². The van der Waals surface area contributed by atoms with E-state index in [1.54, 1.807) is 30.3 Å². The molecule has 6 heteroatoms. The van der Waals surface area contributed by atoms with Crippen LogP contribution in [-0.2, 0) is 12.7 Å². The average molecular weight is 280 g/mol. The maximum atomic E-state index is 12.7. The van der Waals surface area contributed by atoms with Crippen LogP contribution in [0.4, 0.5) is 18.9 Å². The summed E-state index contributed by atoms with van der Waals surface area (Å²) >= 11 is 0. The van der Waals surface area contributed by atoms with Crippen molar-refractivity contribution in [3.8, 4) is 6.07 Å². The number of hydrogen-bond donors (Lipinski definition) is 0. The predicted octanol–water partition coefficient (Wildman–Crippen LogP) is 3.81. The zero-order valence-corrected chi connectivity index (χ0v) is 10.6. The van der Waals surface area contributed by atoms with Crippen molar-refractivity contribution in [2.75, 3.05) is 11.9 Å². The minimum atomic E-state index is -4.52. The molecule has 1 aromatic carbocycles. The molecule has 0 aliphatic rings. The highest BCUT2D eigenvalue weighted by Gasteiger charge is 2.33. The molecule has 0 aliphatic carbocycles. The smallest absolute Gasteiger partial charge is 0.417 e. The number of furan rings is 1. The number of alkyl halides is 3. The van der Waals surface area contributed by atoms with Crippen molar-refractivity contribution in [2.24, 2.45) is 0 Å². The number of benzene rings is 1. The fourth-order valence-electron chi connectivity index (χ4n) is 1.86. The number of rotatable bonds is 3. The topological polar surface area (TPSA) is 40.2 Å². The summed E-state index contributed by atoms with van der Waals surface area (Å²) in [5.41, 5.74) is 0.135. The summed E-state index contributed by atoms with van der Waals surface area (Å²) in [5.74, 6) is 0. The van der Waals surface area contributed by atoms with Gasteiger partial charge in [-0.3, -0.25) is 0 Å². The Morgan fingerprint density at radius 2 is 2.05 bits per heavy atom. The lowest BCUT2D eigenvalue weighted by Gasteiger charge is -2.20. The van der Waals surface area contributed by atoms with Gasteiger partial charge in [0.2, 0.25) is 0 Å². The molecule has 2 aromatic rings. The second-order valence-corrected chi connectivity index (χ2v) is 4.33. The maximum absolute atomic E-state index is 12.7. The normalized spacial score (nSPS) is 11.2. The Kier molecular flexibility index (Phi) is 3.70. The molecule has 0 atom stereocenters. The van der Waals surface area contributed by atoms with Crippen LogP contribution < -0.4 is 4.90 Å². The molecule has 0 unspecified atom stereocenters. The Bertz CT molecular complexity index is 627. The highest BCUT2D eigenvalue weighted by molar-refractivity contribution is 5.55. The van der Waals surface area contributed by atoms with Crippen LogP contribution in [0.15, 0.2) is 41.2 Å². The van der Waals surface area contributed by atoms with Crippen LogP contribution in [0, 0.1) is 11.3 Å². The molecule has 2 rings (SSSR count). The first kappa shape index (κ1) is 14.0. The van der Waals surface area contributed by atoms with Gasteiger partial charge in [-0.05, 0) is 24.3 Å². The predicted molar refractivity (Wildman–Crippen MR) is 67.0 cm³/mol. The molecular formula is C14H11F3N2O. The number of nitrogens with zero attached hydrogens (tertiary/aromatic N) is 2. The molecule has 0 radical (unpaired) electrons. The van der Waals surface area contributed by atoms with Crippen molar-refractivity contribution >= 4 is 5.69 Å². The summed E-state index contributed by atoms with van der Waals surface area (Å²) < 4.78 is 43.0. The molecule has 1 aromatic heterocycles. The van der Waals surface area contributed by atoms with Gasteiger partial charge in [-0.2, -0.15) is 18.4 Å². The summed E-state index contributed by atoms with van der Waals surface area (Å²) in [6.45, 7) is 0.479. The molecular weight excluding hydrogens is 269 g/mol. The number of nitriles is 1. The van der Waals surface area contributed by atoms with E-state index in [9.17, 15) is 13.2 Å². The van der Waals surface area contributed by atoms with Gasteiger partial charge in [-0.25, -0.2) is 0 Å². The largest absolute Gasteiger partial charge is 0.472 e. The van der Waals surface area contributed by atoms with Gasteiger partial charge in [0, 0.05) is 24.8 Å². The third kappa shape index (κ3) is 2.94. The molecule has 3 nitrogen and oxygen atoms in total. The van der Waals surface area contributed by atoms with E-state index in [2.05, 4.69) is 0 Å². The quantitative estimate of drug-likeness (QED) is 0.858. The zero-order valence-electron chi connectivity index (χ0n) is 10.6. The Morgan fingerprint density at radius 1 is 1.30 bits per heavy atom. The van der Waals surface area contributed by atoms with Crippen LogP contribution >= 0.6 is 0 Å². The Labute approximate surface area is 113 Å². The fourth-order valence-corrected chi connectivity index (χ4v) is 1.86. The van der Waals surface area contributed by atoms with Crippen LogP contribution in [0.5, 0.6) is 0 Å². The third-order valence-corrected chi connectivity index (χ3v) is 2.87. The Morgan fingerprint density at radius 3 is 2.60 bits per heavy atom. The number of halogens is 3. The van der Waals surface area contributed by atoms with E-state index < -0.39 is 11.7 Å². The van der Waals surface area contributed by atoms with Crippen molar-refractivity contribution in [2.45, 2.75) is 12.7 Å². The molecule has 0 saturated carbocycles. The van der Waals surface area contributed by atoms with E-state index in [-0.39, 0.29) is 5.56 Å². The van der Waals surface area contributed by atoms with Gasteiger partial charge in [0.25, 0.3) is 0 Å². The molecule has 0 N–H and O–H groups in total. The molecule has 20 heavy (non-hydrogen) atoms. The lowest BCUT2D eigenvalue weighted by atomic mass is 10.1. The van der Waals surface area contributed by atoms with Gasteiger partial charge in [-0.15, -0.1) is 0 Å². The van der Waals surface area contributed by atoms with Crippen molar-refractivity contribution in [3.05, 3.63) is 53.5 Å². The first-order valence-corrected chi connectivity index (χ1v) is 5.75. The van der Waals surface area contributed by atoms with Gasteiger partial charge in [0.05, 0.1) is 29.7 Å². The first-order valence-electron chi connectivity index (χ1n) is 5.75. The van der Waals surface area contributed by atoms with Crippen molar-refractivity contribution in [3.63, 3.8) is 0 Å². The SMILES string of the molecule is CN(Cc1ccoc1)c1ccc(C(F)(F)F)c(C#N)c1. The second kappa shape index (κ2) is 5.29. The minimum Gasteiger partial charge on any atom is -0.472 e. The van der Waals surface area contributed by atoms with Crippen LogP contribution in [0.2, 0.25) is 0 Å². The summed E-state index contributed by atoms with van der Waals surface area (Å²) in [4.78, 5) is 1.74. The monoisotopic (exact) mass is 280 g/mol. The molecule has 0 aliphatic heterocycles. The van der Waals surface area contributed by atoms with E-state index >= 15 is 0 Å². The van der Waals surface area contributed by atoms with Gasteiger partial charge >= 0.3 is 6.18 Å². The molecule has 0 fully saturated rings. The Hall–Kier alpha value is -2.42. The summed E-state index contributed by atoms with van der Waals surface area (Å²) in [6.07, 6.45) is -1.44. The van der Waals surface area contributed by atoms with Crippen molar-refractivity contribution in [1.82, 2.24) is 0 Å². The number of hydrogen-bond acceptors (Lipinski definition) is 3. The second-order valence-electron chi connectivity index (χ2n) is 4.33. The maximum Gasteiger partial charge on any atom is 0.417 e. The van der Waals surface area contributed by atoms with Crippen LogP contribution in [0.25, 0.3) is 0 Å². The van der Waals surface area contributed by atoms with Gasteiger partial charge < -0.3 is 9.32 Å². The lowest BCUT2D eigenvalue weighted by Crippen LogP contribution is -2.17. The lowest BCUT2D eigenvalue weighted by molar-refractivity contribution is -0.137. The molecule has 1 heterocycles. The molecule has 0 saturated heterocycles. The average Bonchev–Trinajstić information content (AvgIpc) is 2.89. The first-order chi connectivity index (χ1) is 9.41. The molecule has 0 spiro atoms. The standard InChI is InChI=1S/C14H11F3N2O/c1-19(8-10-4-5-20-9-10)12-2-3-13(14(15,16)17)11(6-12)7-18/h2-6,9H,8H2,1H3. The summed E-state index contributed by atoms with van der Waals surface area (Å²) in [6, 6.07) is 6.88. The minimum absolute atomic E-state index is 0.381. The highest BCUT2D eigenvalue weighted by atomic mass is 19.4. The third-order valence-electron chi connectivity index (χ3n) is 2.87. The molecule has 0 amide bonds. The number of anilines is 1. The van der Waals surface area contributed by atoms with E-state index in [1.807, 2.05) is 0 Å². The van der Waals surface area contributed by atoms with Crippen LogP contribution in [0.3, 0.4) is 0 Å². The van der Waals surface area contributed by atoms with E-state index in [4.69, 9.17) is 9.68 Å². The molecule has 104 valence electrons. The van der Waals surface area contributed by atoms with E-state index in [0.29, 0.717) is 12.2 Å². The summed E-state index contributed by atoms with van der Waals surface area (Å²) in [5, 5.41) is 8.86. The van der Waals surface area contributed by atoms with E-state index in [1.165, 1.54) is 18.4 Å². The van der Waals surface area contributed by atoms with Gasteiger partial charge in [-0.1, -0.05) is 0 Å². The fraction of sp³-hybridized carbons (Fsp3) is 0.214. The van der Waals surface area contributed by atoms with Gasteiger partial charge in [0.15, 0.2) is 0 Å². The summed E-state index contributed by atoms with van der Waals surface area (Å²) in [7, 11) is 1.73. The Balaban J connectivity index is 2.28. The van der Waals surface area contributed by atoms with Crippen molar-refractivity contribution in [1.29, 1.82) is 5.26 Å². The van der Waals surface area contributed by atoms with Crippen molar-refractivity contribution < 1.29 is 17.6 Å². The zero-order chi connectivity index (χ0) is 14.8. The van der Waals surface area contributed by atoms with Gasteiger partial charge in [0.1, 0.15) is 0 Å². The highest BCUT2D eigenvalue weighted by Crippen LogP contribution is 2.33.